The summed E-state index contributed by atoms with van der Waals surface area (Å²) in [5, 5.41) is 2.55. The van der Waals surface area contributed by atoms with Gasteiger partial charge in [0.25, 0.3) is 11.8 Å². The van der Waals surface area contributed by atoms with Crippen LogP contribution in [0, 0.1) is 0 Å². The average Bonchev–Trinajstić information content (AvgIpc) is 2.66. The van der Waals surface area contributed by atoms with E-state index in [0.717, 1.165) is 4.90 Å². The lowest BCUT2D eigenvalue weighted by Gasteiger charge is -2.19. The summed E-state index contributed by atoms with van der Waals surface area (Å²) in [6, 6.07) is 0. The van der Waals surface area contributed by atoms with Crippen LogP contribution >= 0.6 is 0 Å². The Bertz CT molecular complexity index is 458. The maximum Gasteiger partial charge on any atom is 0.306 e. The third kappa shape index (κ3) is 6.20. The van der Waals surface area contributed by atoms with Gasteiger partial charge in [-0.2, -0.15) is 0 Å². The van der Waals surface area contributed by atoms with Crippen molar-refractivity contribution in [3.63, 3.8) is 0 Å². The van der Waals surface area contributed by atoms with Crippen molar-refractivity contribution < 1.29 is 23.9 Å². The summed E-state index contributed by atoms with van der Waals surface area (Å²) in [6.07, 6.45) is 2.38. The minimum Gasteiger partial charge on any atom is -0.460 e. The van der Waals surface area contributed by atoms with E-state index in [1.807, 2.05) is 0 Å². The summed E-state index contributed by atoms with van der Waals surface area (Å²) >= 11 is 0. The molecule has 0 aromatic heterocycles. The van der Waals surface area contributed by atoms with Gasteiger partial charge < -0.3 is 10.1 Å². The molecule has 0 aromatic carbocycles. The second-order valence-electron chi connectivity index (χ2n) is 5.60. The molecular weight excluding hydrogens is 276 g/mol. The number of rotatable bonds is 6. The lowest BCUT2D eigenvalue weighted by atomic mass is 10.2. The van der Waals surface area contributed by atoms with Crippen molar-refractivity contribution in [2.75, 3.05) is 13.1 Å². The van der Waals surface area contributed by atoms with Crippen LogP contribution in [0.2, 0.25) is 0 Å². The SMILES string of the molecule is CC(C)(C)OC(=O)CCC(=O)NCCN1C(=O)C=CC1=O. The summed E-state index contributed by atoms with van der Waals surface area (Å²) in [6.45, 7) is 5.53. The average molecular weight is 296 g/mol. The summed E-state index contributed by atoms with van der Waals surface area (Å²) in [7, 11) is 0. The summed E-state index contributed by atoms with van der Waals surface area (Å²) in [5.74, 6) is -1.54. The molecule has 7 heteroatoms. The van der Waals surface area contributed by atoms with Gasteiger partial charge in [-0.25, -0.2) is 0 Å². The standard InChI is InChI=1S/C14H20N2O5/c1-14(2,3)21-13(20)7-4-10(17)15-8-9-16-11(18)5-6-12(16)19/h5-6H,4,7-9H2,1-3H3,(H,15,17). The van der Waals surface area contributed by atoms with Crippen LogP contribution < -0.4 is 5.32 Å². The zero-order valence-corrected chi connectivity index (χ0v) is 12.5. The van der Waals surface area contributed by atoms with E-state index in [9.17, 15) is 19.2 Å². The zero-order chi connectivity index (χ0) is 16.0. The quantitative estimate of drug-likeness (QED) is 0.556. The van der Waals surface area contributed by atoms with Crippen molar-refractivity contribution in [3.8, 4) is 0 Å². The van der Waals surface area contributed by atoms with Gasteiger partial charge in [-0.3, -0.25) is 24.1 Å². The van der Waals surface area contributed by atoms with Crippen LogP contribution in [-0.4, -0.2) is 47.3 Å². The van der Waals surface area contributed by atoms with Crippen molar-refractivity contribution >= 4 is 23.7 Å². The number of carbonyl (C=O) groups excluding carboxylic acids is 4. The smallest absolute Gasteiger partial charge is 0.306 e. The highest BCUT2D eigenvalue weighted by molar-refractivity contribution is 6.12. The largest absolute Gasteiger partial charge is 0.460 e. The molecule has 0 atom stereocenters. The molecular formula is C14H20N2O5. The number of carbonyl (C=O) groups is 4. The first-order valence-corrected chi connectivity index (χ1v) is 6.71. The number of esters is 1. The number of nitrogens with zero attached hydrogens (tertiary/aromatic N) is 1. The van der Waals surface area contributed by atoms with E-state index in [0.29, 0.717) is 0 Å². The van der Waals surface area contributed by atoms with Gasteiger partial charge in [-0.15, -0.1) is 0 Å². The van der Waals surface area contributed by atoms with Crippen LogP contribution in [0.3, 0.4) is 0 Å². The van der Waals surface area contributed by atoms with Gasteiger partial charge in [0.15, 0.2) is 0 Å². The third-order valence-electron chi connectivity index (χ3n) is 2.53. The molecule has 0 bridgehead atoms. The molecule has 3 amide bonds. The molecule has 0 saturated heterocycles. The topological polar surface area (TPSA) is 92.8 Å². The first-order chi connectivity index (χ1) is 9.69. The Balaban J connectivity index is 2.19. The van der Waals surface area contributed by atoms with Crippen molar-refractivity contribution in [3.05, 3.63) is 12.2 Å². The van der Waals surface area contributed by atoms with Gasteiger partial charge in [0.2, 0.25) is 5.91 Å². The van der Waals surface area contributed by atoms with Gasteiger partial charge in [-0.05, 0) is 20.8 Å². The molecule has 21 heavy (non-hydrogen) atoms. The molecule has 0 fully saturated rings. The molecule has 0 aliphatic carbocycles. The number of imide groups is 1. The second-order valence-corrected chi connectivity index (χ2v) is 5.60. The van der Waals surface area contributed by atoms with E-state index < -0.39 is 11.6 Å². The van der Waals surface area contributed by atoms with Gasteiger partial charge in [-0.1, -0.05) is 0 Å². The number of ether oxygens (including phenoxy) is 1. The van der Waals surface area contributed by atoms with Crippen LogP contribution in [0.5, 0.6) is 0 Å². The predicted molar refractivity (Wildman–Crippen MR) is 73.9 cm³/mol. The lowest BCUT2D eigenvalue weighted by molar-refractivity contribution is -0.155. The molecule has 0 unspecified atom stereocenters. The van der Waals surface area contributed by atoms with E-state index in [-0.39, 0.29) is 43.7 Å². The molecule has 1 heterocycles. The third-order valence-corrected chi connectivity index (χ3v) is 2.53. The van der Waals surface area contributed by atoms with Gasteiger partial charge >= 0.3 is 5.97 Å². The molecule has 0 radical (unpaired) electrons. The lowest BCUT2D eigenvalue weighted by Crippen LogP contribution is -2.38. The second kappa shape index (κ2) is 7.01. The number of hydrogen-bond acceptors (Lipinski definition) is 5. The molecule has 1 N–H and O–H groups in total. The Kier molecular flexibility index (Phi) is 5.63. The predicted octanol–water partition coefficient (Wildman–Crippen LogP) is 0.149. The highest BCUT2D eigenvalue weighted by Gasteiger charge is 2.22. The van der Waals surface area contributed by atoms with Crippen LogP contribution in [0.1, 0.15) is 33.6 Å². The minimum atomic E-state index is -0.572. The van der Waals surface area contributed by atoms with E-state index in [1.54, 1.807) is 20.8 Å². The normalized spacial score (nSPS) is 14.5. The van der Waals surface area contributed by atoms with E-state index in [4.69, 9.17) is 4.74 Å². The monoisotopic (exact) mass is 296 g/mol. The molecule has 116 valence electrons. The Morgan fingerprint density at radius 2 is 1.71 bits per heavy atom. The Morgan fingerprint density at radius 3 is 2.24 bits per heavy atom. The van der Waals surface area contributed by atoms with E-state index >= 15 is 0 Å². The maximum absolute atomic E-state index is 11.5. The van der Waals surface area contributed by atoms with Crippen LogP contribution in [0.15, 0.2) is 12.2 Å². The fourth-order valence-electron chi connectivity index (χ4n) is 1.66. The molecule has 1 aliphatic rings. The molecule has 0 spiro atoms. The fourth-order valence-corrected chi connectivity index (χ4v) is 1.66. The van der Waals surface area contributed by atoms with Gasteiger partial charge in [0, 0.05) is 31.7 Å². The van der Waals surface area contributed by atoms with Gasteiger partial charge in [0.1, 0.15) is 5.60 Å². The van der Waals surface area contributed by atoms with Crippen molar-refractivity contribution in [2.24, 2.45) is 0 Å². The number of hydrogen-bond donors (Lipinski definition) is 1. The highest BCUT2D eigenvalue weighted by atomic mass is 16.6. The molecule has 1 rings (SSSR count). The summed E-state index contributed by atoms with van der Waals surface area (Å²) < 4.78 is 5.08. The van der Waals surface area contributed by atoms with E-state index in [2.05, 4.69) is 5.32 Å². The van der Waals surface area contributed by atoms with Crippen LogP contribution in [0.4, 0.5) is 0 Å². The number of amides is 3. The van der Waals surface area contributed by atoms with E-state index in [1.165, 1.54) is 12.2 Å². The van der Waals surface area contributed by atoms with Crippen molar-refractivity contribution in [2.45, 2.75) is 39.2 Å². The Hall–Kier alpha value is -2.18. The van der Waals surface area contributed by atoms with Crippen molar-refractivity contribution in [1.82, 2.24) is 10.2 Å². The highest BCUT2D eigenvalue weighted by Crippen LogP contribution is 2.09. The molecule has 1 aliphatic heterocycles. The minimum absolute atomic E-state index is 0.00770. The molecule has 7 nitrogen and oxygen atoms in total. The summed E-state index contributed by atoms with van der Waals surface area (Å²) in [5.41, 5.74) is -0.572. The van der Waals surface area contributed by atoms with Gasteiger partial charge in [0.05, 0.1) is 6.42 Å². The van der Waals surface area contributed by atoms with Crippen molar-refractivity contribution in [1.29, 1.82) is 0 Å². The van der Waals surface area contributed by atoms with Crippen LogP contribution in [0.25, 0.3) is 0 Å². The number of nitrogens with one attached hydrogen (secondary N) is 1. The first-order valence-electron chi connectivity index (χ1n) is 6.71. The Morgan fingerprint density at radius 1 is 1.14 bits per heavy atom. The fraction of sp³-hybridized carbons (Fsp3) is 0.571. The summed E-state index contributed by atoms with van der Waals surface area (Å²) in [4.78, 5) is 46.5. The van der Waals surface area contributed by atoms with Crippen LogP contribution in [-0.2, 0) is 23.9 Å². The molecule has 0 saturated carbocycles. The molecule has 0 aromatic rings. The first kappa shape index (κ1) is 16.9. The Labute approximate surface area is 123 Å². The maximum atomic E-state index is 11.5. The zero-order valence-electron chi connectivity index (χ0n) is 12.5.